The molecule has 0 spiro atoms. The van der Waals surface area contributed by atoms with Gasteiger partial charge < -0.3 is 10.3 Å². The molecular formula is C13H21N3O3. The van der Waals surface area contributed by atoms with E-state index >= 15 is 0 Å². The summed E-state index contributed by atoms with van der Waals surface area (Å²) in [5.74, 6) is 0.672. The maximum Gasteiger partial charge on any atom is 0.290 e. The van der Waals surface area contributed by atoms with E-state index in [4.69, 9.17) is 10.3 Å². The number of nitrogens with two attached hydrogens (primary N) is 1. The number of rotatable bonds is 3. The highest BCUT2D eigenvalue weighted by Gasteiger charge is 2.24. The monoisotopic (exact) mass is 267 g/mol. The molecular weight excluding hydrogens is 246 g/mol. The number of hydrogen-bond acceptors (Lipinski definition) is 5. The number of aromatic nitrogens is 1. The molecule has 1 saturated heterocycles. The summed E-state index contributed by atoms with van der Waals surface area (Å²) in [5.41, 5.74) is 5.49. The van der Waals surface area contributed by atoms with E-state index in [-0.39, 0.29) is 18.5 Å². The van der Waals surface area contributed by atoms with Gasteiger partial charge in [0.05, 0.1) is 6.54 Å². The molecule has 1 aromatic rings. The Hall–Kier alpha value is -1.40. The van der Waals surface area contributed by atoms with Gasteiger partial charge in [0.15, 0.2) is 0 Å². The van der Waals surface area contributed by atoms with Crippen LogP contribution in [0, 0.1) is 12.8 Å². The minimum Gasteiger partial charge on any atom is -0.373 e. The topological polar surface area (TPSA) is 81.5 Å². The van der Waals surface area contributed by atoms with Gasteiger partial charge in [-0.3, -0.25) is 14.5 Å². The summed E-state index contributed by atoms with van der Waals surface area (Å²) in [7, 11) is 0. The SMILES string of the molecule is Cc1cc(=O)n(C(=O)CN2CCC(C(C)N)CC2)o1. The minimum atomic E-state index is -0.395. The minimum absolute atomic E-state index is 0.202. The lowest BCUT2D eigenvalue weighted by Crippen LogP contribution is -2.43. The van der Waals surface area contributed by atoms with E-state index in [1.807, 2.05) is 11.8 Å². The molecule has 19 heavy (non-hydrogen) atoms. The number of piperidine rings is 1. The Morgan fingerprint density at radius 1 is 1.53 bits per heavy atom. The van der Waals surface area contributed by atoms with Crippen LogP contribution in [0.2, 0.25) is 0 Å². The standard InChI is InChI=1S/C13H21N3O3/c1-9-7-12(17)16(19-9)13(18)8-15-5-3-11(4-6-15)10(2)14/h7,10-11H,3-6,8,14H2,1-2H3. The third kappa shape index (κ3) is 3.33. The average molecular weight is 267 g/mol. The van der Waals surface area contributed by atoms with Crippen molar-refractivity contribution in [2.45, 2.75) is 32.7 Å². The molecule has 0 bridgehead atoms. The lowest BCUT2D eigenvalue weighted by molar-refractivity contribution is 0.0678. The van der Waals surface area contributed by atoms with E-state index in [0.29, 0.717) is 11.7 Å². The van der Waals surface area contributed by atoms with Crippen molar-refractivity contribution >= 4 is 5.91 Å². The Labute approximate surface area is 112 Å². The number of carbonyl (C=O) groups excluding carboxylic acids is 1. The van der Waals surface area contributed by atoms with Crippen molar-refractivity contribution in [2.75, 3.05) is 19.6 Å². The lowest BCUT2D eigenvalue weighted by atomic mass is 9.91. The summed E-state index contributed by atoms with van der Waals surface area (Å²) < 4.78 is 5.93. The first kappa shape index (κ1) is 14.0. The second kappa shape index (κ2) is 5.71. The average Bonchev–Trinajstić information content (AvgIpc) is 2.69. The molecule has 2 N–H and O–H groups in total. The van der Waals surface area contributed by atoms with Crippen LogP contribution in [0.3, 0.4) is 0 Å². The van der Waals surface area contributed by atoms with Crippen LogP contribution < -0.4 is 11.3 Å². The van der Waals surface area contributed by atoms with Crippen LogP contribution >= 0.6 is 0 Å². The first-order valence-corrected chi connectivity index (χ1v) is 6.68. The van der Waals surface area contributed by atoms with E-state index in [2.05, 4.69) is 0 Å². The predicted molar refractivity (Wildman–Crippen MR) is 71.1 cm³/mol. The zero-order valence-corrected chi connectivity index (χ0v) is 11.5. The Morgan fingerprint density at radius 3 is 2.63 bits per heavy atom. The van der Waals surface area contributed by atoms with Crippen LogP contribution in [0.5, 0.6) is 0 Å². The van der Waals surface area contributed by atoms with Gasteiger partial charge in [-0.2, -0.15) is 0 Å². The Morgan fingerprint density at radius 2 is 2.16 bits per heavy atom. The molecule has 2 heterocycles. The zero-order valence-electron chi connectivity index (χ0n) is 11.5. The van der Waals surface area contributed by atoms with Crippen LogP contribution in [-0.2, 0) is 0 Å². The first-order chi connectivity index (χ1) is 8.97. The van der Waals surface area contributed by atoms with Crippen LogP contribution in [0.15, 0.2) is 15.4 Å². The third-order valence-electron chi connectivity index (χ3n) is 3.72. The summed E-state index contributed by atoms with van der Waals surface area (Å²) in [6.45, 7) is 5.58. The molecule has 6 nitrogen and oxygen atoms in total. The van der Waals surface area contributed by atoms with E-state index in [0.717, 1.165) is 30.7 Å². The van der Waals surface area contributed by atoms with Gasteiger partial charge in [0.2, 0.25) is 0 Å². The van der Waals surface area contributed by atoms with Crippen LogP contribution in [-0.4, -0.2) is 41.2 Å². The number of likely N-dealkylation sites (tertiary alicyclic amines) is 1. The Kier molecular flexibility index (Phi) is 4.21. The molecule has 1 atom stereocenters. The second-order valence-electron chi connectivity index (χ2n) is 5.35. The molecule has 2 rings (SSSR count). The van der Waals surface area contributed by atoms with Crippen LogP contribution in [0.4, 0.5) is 0 Å². The van der Waals surface area contributed by atoms with E-state index in [9.17, 15) is 9.59 Å². The summed E-state index contributed by atoms with van der Waals surface area (Å²) in [6.07, 6.45) is 1.99. The first-order valence-electron chi connectivity index (χ1n) is 6.68. The van der Waals surface area contributed by atoms with Crippen LogP contribution in [0.25, 0.3) is 0 Å². The summed E-state index contributed by atoms with van der Waals surface area (Å²) in [4.78, 5) is 25.5. The van der Waals surface area contributed by atoms with Gasteiger partial charge in [0.1, 0.15) is 5.76 Å². The van der Waals surface area contributed by atoms with Crippen molar-refractivity contribution < 1.29 is 9.32 Å². The summed E-state index contributed by atoms with van der Waals surface area (Å²) in [6, 6.07) is 1.52. The third-order valence-corrected chi connectivity index (χ3v) is 3.72. The highest BCUT2D eigenvalue weighted by Crippen LogP contribution is 2.19. The van der Waals surface area contributed by atoms with Gasteiger partial charge >= 0.3 is 0 Å². The van der Waals surface area contributed by atoms with Crippen molar-refractivity contribution in [3.05, 3.63) is 22.2 Å². The van der Waals surface area contributed by atoms with E-state index in [1.54, 1.807) is 6.92 Å². The lowest BCUT2D eigenvalue weighted by Gasteiger charge is -2.32. The number of hydrogen-bond donors (Lipinski definition) is 1. The fourth-order valence-electron chi connectivity index (χ4n) is 2.51. The van der Waals surface area contributed by atoms with Gasteiger partial charge in [-0.1, -0.05) is 0 Å². The quantitative estimate of drug-likeness (QED) is 0.860. The fraction of sp³-hybridized carbons (Fsp3) is 0.692. The molecule has 0 radical (unpaired) electrons. The van der Waals surface area contributed by atoms with E-state index in [1.165, 1.54) is 6.07 Å². The van der Waals surface area contributed by atoms with Crippen molar-refractivity contribution in [3.63, 3.8) is 0 Å². The van der Waals surface area contributed by atoms with Crippen LogP contribution in [0.1, 0.15) is 30.3 Å². The zero-order chi connectivity index (χ0) is 14.0. The smallest absolute Gasteiger partial charge is 0.290 e. The highest BCUT2D eigenvalue weighted by molar-refractivity contribution is 5.79. The molecule has 1 aliphatic heterocycles. The van der Waals surface area contributed by atoms with Crippen molar-refractivity contribution in [2.24, 2.45) is 11.7 Å². The second-order valence-corrected chi connectivity index (χ2v) is 5.35. The van der Waals surface area contributed by atoms with Gasteiger partial charge in [-0.05, 0) is 45.7 Å². The number of aryl methyl sites for hydroxylation is 1. The molecule has 1 fully saturated rings. The molecule has 106 valence electrons. The summed E-state index contributed by atoms with van der Waals surface area (Å²) >= 11 is 0. The molecule has 1 aromatic heterocycles. The van der Waals surface area contributed by atoms with Gasteiger partial charge in [0.25, 0.3) is 11.5 Å². The predicted octanol–water partition coefficient (Wildman–Crippen LogP) is 0.449. The van der Waals surface area contributed by atoms with Gasteiger partial charge in [-0.15, -0.1) is 4.74 Å². The maximum atomic E-state index is 12.0. The molecule has 1 unspecified atom stereocenters. The Bertz CT molecular complexity index is 495. The molecule has 0 saturated carbocycles. The van der Waals surface area contributed by atoms with Crippen molar-refractivity contribution in [1.82, 2.24) is 9.64 Å². The Balaban J connectivity index is 1.91. The molecule has 0 aliphatic carbocycles. The van der Waals surface area contributed by atoms with Gasteiger partial charge in [-0.25, -0.2) is 0 Å². The molecule has 0 amide bonds. The summed E-state index contributed by atoms with van der Waals surface area (Å²) in [5, 5.41) is 0. The maximum absolute atomic E-state index is 12.0. The molecule has 6 heteroatoms. The van der Waals surface area contributed by atoms with Gasteiger partial charge in [0, 0.05) is 12.1 Å². The van der Waals surface area contributed by atoms with Crippen molar-refractivity contribution in [3.8, 4) is 0 Å². The number of nitrogens with zero attached hydrogens (tertiary/aromatic N) is 2. The fourth-order valence-corrected chi connectivity index (χ4v) is 2.51. The normalized spacial score (nSPS) is 19.5. The van der Waals surface area contributed by atoms with Crippen molar-refractivity contribution in [1.29, 1.82) is 0 Å². The number of carbonyl (C=O) groups is 1. The largest absolute Gasteiger partial charge is 0.373 e. The highest BCUT2D eigenvalue weighted by atomic mass is 16.5. The molecule has 0 aromatic carbocycles. The molecule has 1 aliphatic rings. The van der Waals surface area contributed by atoms with E-state index < -0.39 is 5.56 Å².